The number of carboxylic acid groups (broad SMARTS) is 1. The van der Waals surface area contributed by atoms with Gasteiger partial charge in [0.1, 0.15) is 6.04 Å². The van der Waals surface area contributed by atoms with Crippen molar-refractivity contribution >= 4 is 12.0 Å². The molecule has 2 unspecified atom stereocenters. The third-order valence-corrected chi connectivity index (χ3v) is 4.51. The van der Waals surface area contributed by atoms with Gasteiger partial charge in [0.2, 0.25) is 0 Å². The van der Waals surface area contributed by atoms with E-state index in [2.05, 4.69) is 16.6 Å². The normalized spacial score (nSPS) is 27.8. The molecular formula is C16H25N3O4. The predicted octanol–water partition coefficient (Wildman–Crippen LogP) is 0.404. The fraction of sp³-hybridized carbons (Fsp3) is 0.750. The van der Waals surface area contributed by atoms with Gasteiger partial charge in [0, 0.05) is 18.7 Å². The van der Waals surface area contributed by atoms with E-state index >= 15 is 0 Å². The van der Waals surface area contributed by atoms with E-state index in [4.69, 9.17) is 16.3 Å². The number of ether oxygens (including phenoxy) is 1. The van der Waals surface area contributed by atoms with Gasteiger partial charge in [-0.2, -0.15) is 0 Å². The zero-order valence-electron chi connectivity index (χ0n) is 13.5. The molecule has 0 aromatic rings. The van der Waals surface area contributed by atoms with Crippen LogP contribution in [0.3, 0.4) is 0 Å². The van der Waals surface area contributed by atoms with E-state index in [1.807, 2.05) is 11.8 Å². The molecule has 1 heterocycles. The Morgan fingerprint density at radius 2 is 2.22 bits per heavy atom. The molecule has 1 aliphatic carbocycles. The SMILES string of the molecule is C#CC(NC(=O)NC1CC(N(CC)CC(=O)O)C1)C1CCCO1. The molecule has 0 spiro atoms. The summed E-state index contributed by atoms with van der Waals surface area (Å²) in [6, 6.07) is -0.422. The van der Waals surface area contributed by atoms with Gasteiger partial charge in [-0.05, 0) is 32.2 Å². The molecule has 0 aromatic carbocycles. The molecule has 23 heavy (non-hydrogen) atoms. The van der Waals surface area contributed by atoms with Crippen LogP contribution in [-0.2, 0) is 9.53 Å². The van der Waals surface area contributed by atoms with Crippen LogP contribution in [0, 0.1) is 12.3 Å². The lowest BCUT2D eigenvalue weighted by molar-refractivity contribution is -0.139. The molecule has 0 bridgehead atoms. The maximum atomic E-state index is 12.0. The Bertz CT molecular complexity index is 464. The first kappa shape index (κ1) is 17.6. The van der Waals surface area contributed by atoms with Gasteiger partial charge < -0.3 is 20.5 Å². The zero-order chi connectivity index (χ0) is 16.8. The summed E-state index contributed by atoms with van der Waals surface area (Å²) in [6.07, 6.45) is 8.71. The fourth-order valence-electron chi connectivity index (χ4n) is 3.15. The first-order valence-corrected chi connectivity index (χ1v) is 8.14. The van der Waals surface area contributed by atoms with Crippen LogP contribution in [0.25, 0.3) is 0 Å². The van der Waals surface area contributed by atoms with Gasteiger partial charge in [0.15, 0.2) is 0 Å². The van der Waals surface area contributed by atoms with E-state index in [1.54, 1.807) is 0 Å². The number of amides is 2. The lowest BCUT2D eigenvalue weighted by Crippen LogP contribution is -2.57. The van der Waals surface area contributed by atoms with Gasteiger partial charge in [-0.3, -0.25) is 9.69 Å². The Labute approximate surface area is 136 Å². The Kier molecular flexibility index (Phi) is 6.25. The van der Waals surface area contributed by atoms with Gasteiger partial charge in [-0.1, -0.05) is 12.8 Å². The molecule has 1 saturated heterocycles. The molecule has 7 nitrogen and oxygen atoms in total. The fourth-order valence-corrected chi connectivity index (χ4v) is 3.15. The second kappa shape index (κ2) is 8.18. The number of nitrogens with one attached hydrogen (secondary N) is 2. The molecule has 1 saturated carbocycles. The van der Waals surface area contributed by atoms with E-state index in [0.29, 0.717) is 13.2 Å². The standard InChI is InChI=1S/C16H25N3O4/c1-3-13(14-6-5-7-23-14)18-16(22)17-11-8-12(9-11)19(4-2)10-15(20)21/h1,11-14H,4-10H2,2H3,(H,20,21)(H2,17,18,22). The number of rotatable bonds is 7. The van der Waals surface area contributed by atoms with Gasteiger partial charge in [0.05, 0.1) is 12.6 Å². The molecule has 2 amide bonds. The van der Waals surface area contributed by atoms with Gasteiger partial charge >= 0.3 is 12.0 Å². The topological polar surface area (TPSA) is 90.9 Å². The lowest BCUT2D eigenvalue weighted by atomic mass is 9.85. The summed E-state index contributed by atoms with van der Waals surface area (Å²) in [5.41, 5.74) is 0. The van der Waals surface area contributed by atoms with E-state index in [-0.39, 0.29) is 30.8 Å². The first-order chi connectivity index (χ1) is 11.0. The van der Waals surface area contributed by atoms with Crippen LogP contribution in [-0.4, -0.2) is 65.9 Å². The summed E-state index contributed by atoms with van der Waals surface area (Å²) in [7, 11) is 0. The molecule has 2 atom stereocenters. The Morgan fingerprint density at radius 1 is 1.48 bits per heavy atom. The van der Waals surface area contributed by atoms with Crippen molar-refractivity contribution in [1.29, 1.82) is 0 Å². The summed E-state index contributed by atoms with van der Waals surface area (Å²) < 4.78 is 5.50. The van der Waals surface area contributed by atoms with Crippen LogP contribution in [0.2, 0.25) is 0 Å². The number of nitrogens with zero attached hydrogens (tertiary/aromatic N) is 1. The van der Waals surface area contributed by atoms with Crippen LogP contribution in [0.15, 0.2) is 0 Å². The minimum absolute atomic E-state index is 0.0399. The monoisotopic (exact) mass is 323 g/mol. The molecule has 2 rings (SSSR count). The maximum Gasteiger partial charge on any atom is 0.317 e. The molecule has 3 N–H and O–H groups in total. The highest BCUT2D eigenvalue weighted by atomic mass is 16.5. The number of carboxylic acids is 1. The zero-order valence-corrected chi connectivity index (χ0v) is 13.5. The van der Waals surface area contributed by atoms with E-state index in [0.717, 1.165) is 25.7 Å². The van der Waals surface area contributed by atoms with E-state index in [1.165, 1.54) is 0 Å². The average molecular weight is 323 g/mol. The van der Waals surface area contributed by atoms with Crippen molar-refractivity contribution < 1.29 is 19.4 Å². The van der Waals surface area contributed by atoms with Crippen LogP contribution in [0.5, 0.6) is 0 Å². The van der Waals surface area contributed by atoms with Gasteiger partial charge in [-0.25, -0.2) is 4.79 Å². The summed E-state index contributed by atoms with van der Waals surface area (Å²) >= 11 is 0. The highest BCUT2D eigenvalue weighted by Crippen LogP contribution is 2.25. The molecule has 2 fully saturated rings. The second-order valence-corrected chi connectivity index (χ2v) is 6.09. The number of hydrogen-bond acceptors (Lipinski definition) is 4. The second-order valence-electron chi connectivity index (χ2n) is 6.09. The van der Waals surface area contributed by atoms with Crippen molar-refractivity contribution in [1.82, 2.24) is 15.5 Å². The number of likely N-dealkylation sites (N-methyl/N-ethyl adjacent to an activating group) is 1. The van der Waals surface area contributed by atoms with Crippen molar-refractivity contribution in [2.45, 2.75) is 56.8 Å². The van der Waals surface area contributed by atoms with Crippen molar-refractivity contribution in [3.05, 3.63) is 0 Å². The highest BCUT2D eigenvalue weighted by molar-refractivity contribution is 5.75. The first-order valence-electron chi connectivity index (χ1n) is 8.14. The molecule has 128 valence electrons. The summed E-state index contributed by atoms with van der Waals surface area (Å²) in [5.74, 6) is 1.75. The third kappa shape index (κ3) is 4.85. The number of carbonyl (C=O) groups excluding carboxylic acids is 1. The molecule has 0 radical (unpaired) electrons. The summed E-state index contributed by atoms with van der Waals surface area (Å²) in [4.78, 5) is 24.7. The molecule has 1 aliphatic heterocycles. The number of terminal acetylenes is 1. The largest absolute Gasteiger partial charge is 0.480 e. The van der Waals surface area contributed by atoms with E-state index < -0.39 is 12.0 Å². The number of urea groups is 1. The number of aliphatic carboxylic acids is 1. The smallest absolute Gasteiger partial charge is 0.317 e. The maximum absolute atomic E-state index is 12.0. The summed E-state index contributed by atoms with van der Waals surface area (Å²) in [5, 5.41) is 14.5. The minimum atomic E-state index is -0.825. The van der Waals surface area contributed by atoms with Crippen molar-refractivity contribution in [2.24, 2.45) is 0 Å². The number of carbonyl (C=O) groups is 2. The van der Waals surface area contributed by atoms with E-state index in [9.17, 15) is 9.59 Å². The Balaban J connectivity index is 1.71. The molecule has 0 aromatic heterocycles. The Hall–Kier alpha value is -1.78. The van der Waals surface area contributed by atoms with Gasteiger partial charge in [0.25, 0.3) is 0 Å². The number of hydrogen-bond donors (Lipinski definition) is 3. The predicted molar refractivity (Wildman–Crippen MR) is 85.0 cm³/mol. The van der Waals surface area contributed by atoms with Gasteiger partial charge in [-0.15, -0.1) is 6.42 Å². The minimum Gasteiger partial charge on any atom is -0.480 e. The molecular weight excluding hydrogens is 298 g/mol. The van der Waals surface area contributed by atoms with Crippen molar-refractivity contribution in [2.75, 3.05) is 19.7 Å². The highest BCUT2D eigenvalue weighted by Gasteiger charge is 2.35. The third-order valence-electron chi connectivity index (χ3n) is 4.51. The van der Waals surface area contributed by atoms with Crippen LogP contribution in [0.4, 0.5) is 4.79 Å². The van der Waals surface area contributed by atoms with Crippen molar-refractivity contribution in [3.8, 4) is 12.3 Å². The molecule has 7 heteroatoms. The summed E-state index contributed by atoms with van der Waals surface area (Å²) in [6.45, 7) is 3.36. The lowest BCUT2D eigenvalue weighted by Gasteiger charge is -2.42. The average Bonchev–Trinajstić information content (AvgIpc) is 2.99. The quantitative estimate of drug-likeness (QED) is 0.590. The van der Waals surface area contributed by atoms with Crippen molar-refractivity contribution in [3.63, 3.8) is 0 Å². The van der Waals surface area contributed by atoms with Crippen LogP contribution in [0.1, 0.15) is 32.6 Å². The Morgan fingerprint density at radius 3 is 2.74 bits per heavy atom. The van der Waals surface area contributed by atoms with Crippen LogP contribution >= 0.6 is 0 Å². The van der Waals surface area contributed by atoms with Crippen LogP contribution < -0.4 is 10.6 Å². The molecule has 2 aliphatic rings.